The lowest BCUT2D eigenvalue weighted by Gasteiger charge is -2.56. The highest BCUT2D eigenvalue weighted by atomic mass is 16.5. The van der Waals surface area contributed by atoms with E-state index < -0.39 is 0 Å². The van der Waals surface area contributed by atoms with Crippen LogP contribution in [0, 0.1) is 40.4 Å². The standard InChI is InChI=1S/C35H46O3/c1-22(2)31(38-33(37)25-10-8-7-9-11-25)15-12-24(4)27-13-14-28-32-29(17-19-35(27,28)6)34(5)18-16-23(3)20-26(34)21-30(32)36/h7-12,15,21-23,28-29,31-32H,13-14,16-20H2,1-6H3/b15-12+,27-24+/t23-,28?,29?,31+,32?,34-,35+/m0/s1. The zero-order chi connectivity index (χ0) is 27.2. The van der Waals surface area contributed by atoms with Gasteiger partial charge in [0.2, 0.25) is 0 Å². The fourth-order valence-corrected chi connectivity index (χ4v) is 8.55. The van der Waals surface area contributed by atoms with Gasteiger partial charge in [-0.25, -0.2) is 4.79 Å². The average Bonchev–Trinajstić information content (AvgIpc) is 3.24. The molecule has 0 saturated heterocycles. The molecule has 3 heteroatoms. The Morgan fingerprint density at radius 1 is 1.03 bits per heavy atom. The van der Waals surface area contributed by atoms with Crippen LogP contribution in [0.4, 0.5) is 0 Å². The zero-order valence-corrected chi connectivity index (χ0v) is 24.3. The molecule has 4 aliphatic carbocycles. The number of carbonyl (C=O) groups is 2. The van der Waals surface area contributed by atoms with E-state index in [1.54, 1.807) is 12.1 Å². The highest BCUT2D eigenvalue weighted by molar-refractivity contribution is 5.94. The first-order valence-electron chi connectivity index (χ1n) is 14.9. The first kappa shape index (κ1) is 27.2. The Bertz CT molecular complexity index is 1170. The Balaban J connectivity index is 1.37. The quantitative estimate of drug-likeness (QED) is 0.370. The Morgan fingerprint density at radius 2 is 1.71 bits per heavy atom. The number of ketones is 1. The van der Waals surface area contributed by atoms with Crippen LogP contribution in [0.15, 0.2) is 65.3 Å². The van der Waals surface area contributed by atoms with Gasteiger partial charge in [0.1, 0.15) is 6.10 Å². The second-order valence-electron chi connectivity index (χ2n) is 13.6. The lowest BCUT2D eigenvalue weighted by Crippen LogP contribution is -2.52. The number of carbonyl (C=O) groups excluding carboxylic acids is 2. The summed E-state index contributed by atoms with van der Waals surface area (Å²) in [6, 6.07) is 9.22. The number of benzene rings is 1. The van der Waals surface area contributed by atoms with Crippen LogP contribution in [0.1, 0.15) is 96.8 Å². The summed E-state index contributed by atoms with van der Waals surface area (Å²) < 4.78 is 5.90. The third-order valence-electron chi connectivity index (χ3n) is 10.9. The zero-order valence-electron chi connectivity index (χ0n) is 24.3. The Hall–Kier alpha value is -2.42. The number of esters is 1. The third-order valence-corrected chi connectivity index (χ3v) is 10.9. The lowest BCUT2D eigenvalue weighted by molar-refractivity contribution is -0.131. The van der Waals surface area contributed by atoms with Crippen LogP contribution in [0.2, 0.25) is 0 Å². The minimum absolute atomic E-state index is 0.0724. The molecule has 0 bridgehead atoms. The monoisotopic (exact) mass is 514 g/mol. The van der Waals surface area contributed by atoms with Crippen LogP contribution in [-0.4, -0.2) is 17.9 Å². The molecule has 38 heavy (non-hydrogen) atoms. The molecule has 3 fully saturated rings. The van der Waals surface area contributed by atoms with E-state index in [-0.39, 0.29) is 34.7 Å². The van der Waals surface area contributed by atoms with Crippen molar-refractivity contribution in [1.29, 1.82) is 0 Å². The molecule has 0 radical (unpaired) electrons. The maximum Gasteiger partial charge on any atom is 0.338 e. The molecule has 1 aromatic rings. The normalized spacial score (nSPS) is 36.8. The van der Waals surface area contributed by atoms with E-state index in [9.17, 15) is 9.59 Å². The van der Waals surface area contributed by atoms with Gasteiger partial charge in [0, 0.05) is 5.92 Å². The molecule has 3 saturated carbocycles. The Kier molecular flexibility index (Phi) is 7.35. The minimum atomic E-state index is -0.281. The summed E-state index contributed by atoms with van der Waals surface area (Å²) in [6.07, 6.45) is 14.2. The van der Waals surface area contributed by atoms with Gasteiger partial charge < -0.3 is 4.74 Å². The fraction of sp³-hybridized carbons (Fsp3) is 0.600. The summed E-state index contributed by atoms with van der Waals surface area (Å²) in [5, 5.41) is 0. The van der Waals surface area contributed by atoms with E-state index in [1.807, 2.05) is 18.2 Å². The first-order valence-corrected chi connectivity index (χ1v) is 14.9. The maximum absolute atomic E-state index is 13.6. The van der Waals surface area contributed by atoms with E-state index in [1.165, 1.54) is 36.0 Å². The Labute approximate surface area is 229 Å². The minimum Gasteiger partial charge on any atom is -0.454 e. The van der Waals surface area contributed by atoms with Crippen molar-refractivity contribution in [2.75, 3.05) is 0 Å². The summed E-state index contributed by atoms with van der Waals surface area (Å²) in [6.45, 7) is 13.6. The number of fused-ring (bicyclic) bond motifs is 5. The van der Waals surface area contributed by atoms with Gasteiger partial charge in [-0.3, -0.25) is 4.79 Å². The van der Waals surface area contributed by atoms with E-state index in [4.69, 9.17) is 4.74 Å². The van der Waals surface area contributed by atoms with Gasteiger partial charge in [-0.1, -0.05) is 75.6 Å². The summed E-state index contributed by atoms with van der Waals surface area (Å²) in [4.78, 5) is 26.4. The van der Waals surface area contributed by atoms with Gasteiger partial charge in [0.25, 0.3) is 0 Å². The molecule has 1 aromatic carbocycles. The van der Waals surface area contributed by atoms with Gasteiger partial charge >= 0.3 is 5.97 Å². The number of hydrogen-bond acceptors (Lipinski definition) is 3. The van der Waals surface area contributed by atoms with Crippen molar-refractivity contribution in [1.82, 2.24) is 0 Å². The molecule has 0 spiro atoms. The molecule has 0 amide bonds. The van der Waals surface area contributed by atoms with Crippen molar-refractivity contribution in [2.45, 2.75) is 92.6 Å². The van der Waals surface area contributed by atoms with Crippen LogP contribution >= 0.6 is 0 Å². The molecule has 3 nitrogen and oxygen atoms in total. The molecule has 0 aliphatic heterocycles. The number of ether oxygens (including phenoxy) is 1. The van der Waals surface area contributed by atoms with E-state index >= 15 is 0 Å². The second-order valence-corrected chi connectivity index (χ2v) is 13.6. The van der Waals surface area contributed by atoms with E-state index in [0.29, 0.717) is 29.1 Å². The summed E-state index contributed by atoms with van der Waals surface area (Å²) in [5.74, 6) is 2.11. The predicted molar refractivity (Wildman–Crippen MR) is 154 cm³/mol. The molecule has 0 heterocycles. The van der Waals surface area contributed by atoms with Crippen LogP contribution < -0.4 is 0 Å². The van der Waals surface area contributed by atoms with Crippen LogP contribution in [0.3, 0.4) is 0 Å². The Morgan fingerprint density at radius 3 is 2.42 bits per heavy atom. The van der Waals surface area contributed by atoms with Crippen molar-refractivity contribution in [3.05, 3.63) is 70.8 Å². The SMILES string of the molecule is CC(/C=C/[C@@H](OC(=O)c1ccccc1)C(C)C)=C1/CCC2C3C(=O)C=C4C[C@@H](C)CC[C@]4(C)C3CC[C@]12C. The van der Waals surface area contributed by atoms with Crippen molar-refractivity contribution in [2.24, 2.45) is 40.4 Å². The van der Waals surface area contributed by atoms with Gasteiger partial charge in [0.05, 0.1) is 5.56 Å². The maximum atomic E-state index is 13.6. The van der Waals surface area contributed by atoms with Gasteiger partial charge in [-0.15, -0.1) is 0 Å². The molecular weight excluding hydrogens is 468 g/mol. The van der Waals surface area contributed by atoms with Gasteiger partial charge in [-0.05, 0) is 111 Å². The molecule has 4 aliphatic rings. The second kappa shape index (κ2) is 10.3. The van der Waals surface area contributed by atoms with Crippen LogP contribution in [-0.2, 0) is 9.53 Å². The van der Waals surface area contributed by atoms with Gasteiger partial charge in [0.15, 0.2) is 5.78 Å². The number of rotatable bonds is 5. The predicted octanol–water partition coefficient (Wildman–Crippen LogP) is 8.52. The van der Waals surface area contributed by atoms with Crippen molar-refractivity contribution < 1.29 is 14.3 Å². The molecular formula is C35H46O3. The smallest absolute Gasteiger partial charge is 0.338 e. The molecule has 0 aromatic heterocycles. The molecule has 5 rings (SSSR count). The molecule has 7 atom stereocenters. The van der Waals surface area contributed by atoms with E-state index in [2.05, 4.69) is 59.8 Å². The third kappa shape index (κ3) is 4.65. The largest absolute Gasteiger partial charge is 0.454 e. The molecule has 204 valence electrons. The number of allylic oxidation sites excluding steroid dienone is 5. The van der Waals surface area contributed by atoms with Crippen LogP contribution in [0.25, 0.3) is 0 Å². The summed E-state index contributed by atoms with van der Waals surface area (Å²) >= 11 is 0. The molecule has 0 N–H and O–H groups in total. The summed E-state index contributed by atoms with van der Waals surface area (Å²) in [7, 11) is 0. The van der Waals surface area contributed by atoms with Crippen molar-refractivity contribution in [3.63, 3.8) is 0 Å². The van der Waals surface area contributed by atoms with E-state index in [0.717, 1.165) is 25.7 Å². The number of hydrogen-bond donors (Lipinski definition) is 0. The van der Waals surface area contributed by atoms with Crippen molar-refractivity contribution in [3.8, 4) is 0 Å². The van der Waals surface area contributed by atoms with Crippen LogP contribution in [0.5, 0.6) is 0 Å². The fourth-order valence-electron chi connectivity index (χ4n) is 8.55. The average molecular weight is 515 g/mol. The lowest BCUT2D eigenvalue weighted by atomic mass is 9.47. The van der Waals surface area contributed by atoms with Crippen molar-refractivity contribution >= 4 is 11.8 Å². The van der Waals surface area contributed by atoms with Gasteiger partial charge in [-0.2, -0.15) is 0 Å². The highest BCUT2D eigenvalue weighted by Crippen LogP contribution is 2.66. The first-order chi connectivity index (χ1) is 18.0. The highest BCUT2D eigenvalue weighted by Gasteiger charge is 2.59. The topological polar surface area (TPSA) is 43.4 Å². The summed E-state index contributed by atoms with van der Waals surface area (Å²) in [5.41, 5.74) is 5.11. The molecule has 3 unspecified atom stereocenters.